The van der Waals surface area contributed by atoms with Crippen LogP contribution in [0.1, 0.15) is 42.5 Å². The molecule has 2 aromatic carbocycles. The van der Waals surface area contributed by atoms with Crippen LogP contribution >= 0.6 is 38.5 Å². The van der Waals surface area contributed by atoms with E-state index in [-0.39, 0.29) is 0 Å². The number of hydrogen-bond donors (Lipinski definition) is 1. The standard InChI is InChI=1S/C18H21BrIN/c1-12(2)14-6-4-13(5-7-14)10-18(21-3)16-11-15(19)8-9-17(16)20/h4-9,11-12,18,21H,10H2,1-3H3. The summed E-state index contributed by atoms with van der Waals surface area (Å²) in [7, 11) is 2.03. The first-order chi connectivity index (χ1) is 10.0. The monoisotopic (exact) mass is 457 g/mol. The average molecular weight is 458 g/mol. The maximum atomic E-state index is 3.57. The molecule has 1 nitrogen and oxygen atoms in total. The van der Waals surface area contributed by atoms with Gasteiger partial charge in [0.2, 0.25) is 0 Å². The van der Waals surface area contributed by atoms with Gasteiger partial charge in [-0.05, 0) is 76.9 Å². The van der Waals surface area contributed by atoms with Gasteiger partial charge in [0.25, 0.3) is 0 Å². The highest BCUT2D eigenvalue weighted by molar-refractivity contribution is 14.1. The van der Waals surface area contributed by atoms with E-state index in [2.05, 4.69) is 100 Å². The lowest BCUT2D eigenvalue weighted by atomic mass is 9.96. The van der Waals surface area contributed by atoms with Crippen molar-refractivity contribution in [2.75, 3.05) is 7.05 Å². The Morgan fingerprint density at radius 3 is 2.33 bits per heavy atom. The number of likely N-dealkylation sites (N-methyl/N-ethyl adjacent to an activating group) is 1. The van der Waals surface area contributed by atoms with Crippen LogP contribution < -0.4 is 5.32 Å². The first-order valence-electron chi connectivity index (χ1n) is 7.22. The van der Waals surface area contributed by atoms with E-state index < -0.39 is 0 Å². The molecule has 0 saturated carbocycles. The van der Waals surface area contributed by atoms with Gasteiger partial charge < -0.3 is 5.32 Å². The van der Waals surface area contributed by atoms with Crippen LogP contribution in [-0.4, -0.2) is 7.05 Å². The third kappa shape index (κ3) is 4.54. The molecule has 0 bridgehead atoms. The topological polar surface area (TPSA) is 12.0 Å². The Kier molecular flexibility index (Phi) is 6.26. The number of rotatable bonds is 5. The van der Waals surface area contributed by atoms with E-state index >= 15 is 0 Å². The second-order valence-electron chi connectivity index (χ2n) is 5.61. The molecule has 0 aromatic heterocycles. The fourth-order valence-electron chi connectivity index (χ4n) is 2.42. The Balaban J connectivity index is 2.20. The summed E-state index contributed by atoms with van der Waals surface area (Å²) in [4.78, 5) is 0. The third-order valence-corrected chi connectivity index (χ3v) is 5.24. The van der Waals surface area contributed by atoms with E-state index in [1.807, 2.05) is 7.05 Å². The second kappa shape index (κ2) is 7.75. The molecule has 0 spiro atoms. The van der Waals surface area contributed by atoms with Crippen LogP contribution in [-0.2, 0) is 6.42 Å². The lowest BCUT2D eigenvalue weighted by Crippen LogP contribution is -2.20. The molecule has 0 heterocycles. The summed E-state index contributed by atoms with van der Waals surface area (Å²) in [5.74, 6) is 0.588. The molecule has 1 N–H and O–H groups in total. The highest BCUT2D eigenvalue weighted by Crippen LogP contribution is 2.27. The van der Waals surface area contributed by atoms with Gasteiger partial charge in [-0.25, -0.2) is 0 Å². The number of nitrogens with one attached hydrogen (secondary N) is 1. The summed E-state index contributed by atoms with van der Waals surface area (Å²) in [6.07, 6.45) is 1.00. The van der Waals surface area contributed by atoms with Crippen molar-refractivity contribution in [1.82, 2.24) is 5.32 Å². The summed E-state index contributed by atoms with van der Waals surface area (Å²) in [5.41, 5.74) is 4.12. The van der Waals surface area contributed by atoms with Gasteiger partial charge >= 0.3 is 0 Å². The highest BCUT2D eigenvalue weighted by atomic mass is 127. The van der Waals surface area contributed by atoms with E-state index in [1.165, 1.54) is 20.3 Å². The summed E-state index contributed by atoms with van der Waals surface area (Å²) < 4.78 is 2.43. The smallest absolute Gasteiger partial charge is 0.0369 e. The van der Waals surface area contributed by atoms with Crippen molar-refractivity contribution in [3.63, 3.8) is 0 Å². The Hall–Kier alpha value is -0.390. The summed E-state index contributed by atoms with van der Waals surface area (Å²) >= 11 is 5.99. The predicted molar refractivity (Wildman–Crippen MR) is 103 cm³/mol. The first kappa shape index (κ1) is 17.0. The minimum absolute atomic E-state index is 0.333. The van der Waals surface area contributed by atoms with Crippen molar-refractivity contribution in [3.05, 3.63) is 67.2 Å². The van der Waals surface area contributed by atoms with Gasteiger partial charge in [-0.2, -0.15) is 0 Å². The van der Waals surface area contributed by atoms with Crippen molar-refractivity contribution in [2.24, 2.45) is 0 Å². The van der Waals surface area contributed by atoms with E-state index in [1.54, 1.807) is 0 Å². The maximum Gasteiger partial charge on any atom is 0.0369 e. The van der Waals surface area contributed by atoms with E-state index in [0.29, 0.717) is 12.0 Å². The highest BCUT2D eigenvalue weighted by Gasteiger charge is 2.14. The molecular weight excluding hydrogens is 437 g/mol. The minimum Gasteiger partial charge on any atom is -0.313 e. The van der Waals surface area contributed by atoms with Crippen molar-refractivity contribution < 1.29 is 0 Å². The average Bonchev–Trinajstić information content (AvgIpc) is 2.48. The van der Waals surface area contributed by atoms with Gasteiger partial charge in [0.15, 0.2) is 0 Å². The lowest BCUT2D eigenvalue weighted by molar-refractivity contribution is 0.589. The molecule has 21 heavy (non-hydrogen) atoms. The molecule has 2 rings (SSSR count). The van der Waals surface area contributed by atoms with E-state index in [9.17, 15) is 0 Å². The Labute approximate surface area is 149 Å². The zero-order valence-corrected chi connectivity index (χ0v) is 16.4. The summed E-state index contributed by atoms with van der Waals surface area (Å²) in [5, 5.41) is 3.45. The molecule has 1 atom stereocenters. The van der Waals surface area contributed by atoms with E-state index in [4.69, 9.17) is 0 Å². The molecule has 1 unspecified atom stereocenters. The van der Waals surface area contributed by atoms with Gasteiger partial charge in [-0.1, -0.05) is 54.0 Å². The lowest BCUT2D eigenvalue weighted by Gasteiger charge is -2.19. The largest absolute Gasteiger partial charge is 0.313 e. The minimum atomic E-state index is 0.333. The van der Waals surface area contributed by atoms with Crippen LogP contribution in [0.5, 0.6) is 0 Å². The first-order valence-corrected chi connectivity index (χ1v) is 9.09. The van der Waals surface area contributed by atoms with Gasteiger partial charge in [-0.3, -0.25) is 0 Å². The Morgan fingerprint density at radius 1 is 1.10 bits per heavy atom. The Morgan fingerprint density at radius 2 is 1.76 bits per heavy atom. The molecule has 0 saturated heterocycles. The zero-order chi connectivity index (χ0) is 15.4. The fourth-order valence-corrected chi connectivity index (χ4v) is 3.51. The fraction of sp³-hybridized carbons (Fsp3) is 0.333. The van der Waals surface area contributed by atoms with Crippen LogP contribution in [0.4, 0.5) is 0 Å². The van der Waals surface area contributed by atoms with Gasteiger partial charge in [0, 0.05) is 14.1 Å². The van der Waals surface area contributed by atoms with Crippen molar-refractivity contribution in [3.8, 4) is 0 Å². The van der Waals surface area contributed by atoms with Crippen LogP contribution in [0.25, 0.3) is 0 Å². The number of hydrogen-bond acceptors (Lipinski definition) is 1. The van der Waals surface area contributed by atoms with Crippen molar-refractivity contribution in [1.29, 1.82) is 0 Å². The van der Waals surface area contributed by atoms with E-state index in [0.717, 1.165) is 10.9 Å². The van der Waals surface area contributed by atoms with Gasteiger partial charge in [0.05, 0.1) is 0 Å². The molecule has 0 aliphatic rings. The summed E-state index contributed by atoms with van der Waals surface area (Å²) in [6.45, 7) is 4.46. The van der Waals surface area contributed by atoms with Gasteiger partial charge in [0.1, 0.15) is 0 Å². The predicted octanol–water partition coefficient (Wildman–Crippen LogP) is 5.68. The molecule has 0 fully saturated rings. The van der Waals surface area contributed by atoms with Gasteiger partial charge in [-0.15, -0.1) is 0 Å². The Bertz CT molecular complexity index is 593. The van der Waals surface area contributed by atoms with Crippen LogP contribution in [0.2, 0.25) is 0 Å². The van der Waals surface area contributed by atoms with Crippen LogP contribution in [0.3, 0.4) is 0 Å². The molecule has 0 radical (unpaired) electrons. The SMILES string of the molecule is CNC(Cc1ccc(C(C)C)cc1)c1cc(Br)ccc1I. The van der Waals surface area contributed by atoms with Crippen molar-refractivity contribution in [2.45, 2.75) is 32.2 Å². The molecule has 112 valence electrons. The molecule has 0 amide bonds. The van der Waals surface area contributed by atoms with Crippen LogP contribution in [0.15, 0.2) is 46.9 Å². The molecule has 0 aliphatic heterocycles. The molecule has 3 heteroatoms. The normalized spacial score (nSPS) is 12.7. The summed E-state index contributed by atoms with van der Waals surface area (Å²) in [6, 6.07) is 15.8. The number of benzene rings is 2. The second-order valence-corrected chi connectivity index (χ2v) is 7.69. The molecular formula is C18H21BrIN. The third-order valence-electron chi connectivity index (χ3n) is 3.77. The quantitative estimate of drug-likeness (QED) is 0.569. The number of halogens is 2. The molecule has 0 aliphatic carbocycles. The van der Waals surface area contributed by atoms with Crippen LogP contribution in [0, 0.1) is 3.57 Å². The maximum absolute atomic E-state index is 3.57. The zero-order valence-electron chi connectivity index (χ0n) is 12.7. The van der Waals surface area contributed by atoms with Crippen molar-refractivity contribution >= 4 is 38.5 Å². The molecule has 2 aromatic rings.